The third-order valence-electron chi connectivity index (χ3n) is 2.62. The topological polar surface area (TPSA) is 46.2 Å². The highest BCUT2D eigenvalue weighted by Crippen LogP contribution is 2.45. The van der Waals surface area contributed by atoms with Gasteiger partial charge in [-0.25, -0.2) is 0 Å². The molecule has 2 nitrogen and oxygen atoms in total. The first kappa shape index (κ1) is 8.73. The number of nitrogens with two attached hydrogens (primary N) is 1. The molecule has 1 aromatic carbocycles. The lowest BCUT2D eigenvalue weighted by Gasteiger charge is -2.09. The molecule has 0 heterocycles. The molecule has 0 spiro atoms. The molecule has 2 rings (SSSR count). The van der Waals surface area contributed by atoms with E-state index in [1.807, 2.05) is 12.1 Å². The van der Waals surface area contributed by atoms with Crippen LogP contribution in [-0.4, -0.2) is 11.7 Å². The molecule has 0 amide bonds. The average Bonchev–Trinajstić information content (AvgIpc) is 2.86. The van der Waals surface area contributed by atoms with E-state index in [1.165, 1.54) is 5.56 Å². The van der Waals surface area contributed by atoms with Crippen LogP contribution in [0.25, 0.3) is 0 Å². The molecule has 0 aromatic heterocycles. The molecule has 1 fully saturated rings. The first-order chi connectivity index (χ1) is 6.24. The lowest BCUT2D eigenvalue weighted by molar-refractivity contribution is 0.151. The number of benzene rings is 1. The van der Waals surface area contributed by atoms with Crippen LogP contribution < -0.4 is 5.73 Å². The predicted molar refractivity (Wildman–Crippen MR) is 52.3 cm³/mol. The quantitative estimate of drug-likeness (QED) is 0.728. The molecule has 2 heteroatoms. The molecule has 0 aliphatic heterocycles. The van der Waals surface area contributed by atoms with Crippen LogP contribution in [0.2, 0.25) is 0 Å². The highest BCUT2D eigenvalue weighted by Gasteiger charge is 2.41. The molecule has 1 aromatic rings. The van der Waals surface area contributed by atoms with Crippen LogP contribution >= 0.6 is 0 Å². The minimum Gasteiger partial charge on any atom is -0.385 e. The van der Waals surface area contributed by atoms with Gasteiger partial charge in [0.05, 0.1) is 5.60 Å². The Morgan fingerprint density at radius 2 is 2.15 bits per heavy atom. The maximum atomic E-state index is 9.86. The number of rotatable bonds is 3. The maximum absolute atomic E-state index is 9.86. The van der Waals surface area contributed by atoms with Crippen LogP contribution in [0, 0.1) is 0 Å². The second kappa shape index (κ2) is 3.13. The van der Waals surface area contributed by atoms with Crippen molar-refractivity contribution in [3.05, 3.63) is 35.4 Å². The van der Waals surface area contributed by atoms with Crippen molar-refractivity contribution in [2.24, 2.45) is 5.73 Å². The molecule has 0 atom stereocenters. The van der Waals surface area contributed by atoms with Crippen LogP contribution in [0.1, 0.15) is 24.0 Å². The number of hydrogen-bond acceptors (Lipinski definition) is 2. The zero-order valence-electron chi connectivity index (χ0n) is 7.66. The van der Waals surface area contributed by atoms with Gasteiger partial charge in [-0.15, -0.1) is 0 Å². The fourth-order valence-corrected chi connectivity index (χ4v) is 1.59. The van der Waals surface area contributed by atoms with Gasteiger partial charge in [0.15, 0.2) is 0 Å². The molecular weight excluding hydrogens is 162 g/mol. The maximum Gasteiger partial charge on any atom is 0.0899 e. The third kappa shape index (κ3) is 1.74. The first-order valence-electron chi connectivity index (χ1n) is 4.76. The summed E-state index contributed by atoms with van der Waals surface area (Å²) in [4.78, 5) is 0. The van der Waals surface area contributed by atoms with Crippen LogP contribution in [-0.2, 0) is 12.0 Å². The Hall–Kier alpha value is -0.860. The van der Waals surface area contributed by atoms with Crippen LogP contribution in [0.4, 0.5) is 0 Å². The average molecular weight is 177 g/mol. The van der Waals surface area contributed by atoms with Crippen molar-refractivity contribution in [2.45, 2.75) is 24.9 Å². The highest BCUT2D eigenvalue weighted by molar-refractivity contribution is 5.31. The zero-order chi connectivity index (χ0) is 9.31. The van der Waals surface area contributed by atoms with E-state index in [2.05, 4.69) is 12.1 Å². The molecule has 0 unspecified atom stereocenters. The van der Waals surface area contributed by atoms with Gasteiger partial charge in [0.1, 0.15) is 0 Å². The Kier molecular flexibility index (Phi) is 2.10. The van der Waals surface area contributed by atoms with Gasteiger partial charge in [0.2, 0.25) is 0 Å². The van der Waals surface area contributed by atoms with Crippen molar-refractivity contribution in [1.82, 2.24) is 0 Å². The minimum absolute atomic E-state index is 0.509. The van der Waals surface area contributed by atoms with E-state index in [0.717, 1.165) is 24.8 Å². The van der Waals surface area contributed by atoms with E-state index in [-0.39, 0.29) is 0 Å². The fraction of sp³-hybridized carbons (Fsp3) is 0.455. The highest BCUT2D eigenvalue weighted by atomic mass is 16.3. The van der Waals surface area contributed by atoms with Gasteiger partial charge >= 0.3 is 0 Å². The van der Waals surface area contributed by atoms with Gasteiger partial charge < -0.3 is 10.8 Å². The normalized spacial score (nSPS) is 18.6. The fourth-order valence-electron chi connectivity index (χ4n) is 1.59. The van der Waals surface area contributed by atoms with Crippen LogP contribution in [0.3, 0.4) is 0 Å². The van der Waals surface area contributed by atoms with E-state index >= 15 is 0 Å². The molecule has 0 saturated heterocycles. The van der Waals surface area contributed by atoms with Gasteiger partial charge in [-0.05, 0) is 36.9 Å². The van der Waals surface area contributed by atoms with Crippen molar-refractivity contribution in [1.29, 1.82) is 0 Å². The SMILES string of the molecule is NCCc1cccc(C2(O)CC2)c1. The molecule has 70 valence electrons. The van der Waals surface area contributed by atoms with E-state index in [0.29, 0.717) is 6.54 Å². The van der Waals surface area contributed by atoms with E-state index < -0.39 is 5.60 Å². The van der Waals surface area contributed by atoms with Crippen LogP contribution in [0.15, 0.2) is 24.3 Å². The third-order valence-corrected chi connectivity index (χ3v) is 2.62. The molecule has 1 aliphatic rings. The van der Waals surface area contributed by atoms with Crippen molar-refractivity contribution in [2.75, 3.05) is 6.54 Å². The standard InChI is InChI=1S/C11H15NO/c12-7-4-9-2-1-3-10(8-9)11(13)5-6-11/h1-3,8,13H,4-7,12H2. The summed E-state index contributed by atoms with van der Waals surface area (Å²) in [6.07, 6.45) is 2.70. The second-order valence-corrected chi connectivity index (χ2v) is 3.77. The smallest absolute Gasteiger partial charge is 0.0899 e. The summed E-state index contributed by atoms with van der Waals surface area (Å²) >= 11 is 0. The summed E-state index contributed by atoms with van der Waals surface area (Å²) in [5.74, 6) is 0. The monoisotopic (exact) mass is 177 g/mol. The zero-order valence-corrected chi connectivity index (χ0v) is 7.66. The van der Waals surface area contributed by atoms with Crippen molar-refractivity contribution in [3.8, 4) is 0 Å². The van der Waals surface area contributed by atoms with Crippen molar-refractivity contribution < 1.29 is 5.11 Å². The molecule has 13 heavy (non-hydrogen) atoms. The number of hydrogen-bond donors (Lipinski definition) is 2. The van der Waals surface area contributed by atoms with E-state index in [9.17, 15) is 5.11 Å². The Morgan fingerprint density at radius 3 is 2.77 bits per heavy atom. The molecule has 0 bridgehead atoms. The second-order valence-electron chi connectivity index (χ2n) is 3.77. The molecule has 1 saturated carbocycles. The Balaban J connectivity index is 2.22. The lowest BCUT2D eigenvalue weighted by Crippen LogP contribution is -2.07. The Bertz CT molecular complexity index is 305. The predicted octanol–water partition coefficient (Wildman–Crippen LogP) is 1.17. The van der Waals surface area contributed by atoms with E-state index in [4.69, 9.17) is 5.73 Å². The Morgan fingerprint density at radius 1 is 1.38 bits per heavy atom. The largest absolute Gasteiger partial charge is 0.385 e. The first-order valence-corrected chi connectivity index (χ1v) is 4.76. The molecule has 0 radical (unpaired) electrons. The molecule has 3 N–H and O–H groups in total. The minimum atomic E-state index is -0.509. The molecule has 1 aliphatic carbocycles. The summed E-state index contributed by atoms with van der Waals surface area (Å²) in [5.41, 5.74) is 7.24. The summed E-state index contributed by atoms with van der Waals surface area (Å²) in [7, 11) is 0. The Labute approximate surface area is 78.4 Å². The molecular formula is C11H15NO. The summed E-state index contributed by atoms with van der Waals surface area (Å²) in [6, 6.07) is 8.12. The van der Waals surface area contributed by atoms with E-state index in [1.54, 1.807) is 0 Å². The number of aliphatic hydroxyl groups is 1. The summed E-state index contributed by atoms with van der Waals surface area (Å²) < 4.78 is 0. The van der Waals surface area contributed by atoms with Gasteiger partial charge in [-0.1, -0.05) is 24.3 Å². The van der Waals surface area contributed by atoms with Gasteiger partial charge in [-0.2, -0.15) is 0 Å². The summed E-state index contributed by atoms with van der Waals surface area (Å²) in [5, 5.41) is 9.86. The van der Waals surface area contributed by atoms with Crippen molar-refractivity contribution >= 4 is 0 Å². The van der Waals surface area contributed by atoms with Gasteiger partial charge in [0.25, 0.3) is 0 Å². The summed E-state index contributed by atoms with van der Waals surface area (Å²) in [6.45, 7) is 0.669. The van der Waals surface area contributed by atoms with Crippen molar-refractivity contribution in [3.63, 3.8) is 0 Å². The van der Waals surface area contributed by atoms with Gasteiger partial charge in [-0.3, -0.25) is 0 Å². The van der Waals surface area contributed by atoms with Gasteiger partial charge in [0, 0.05) is 0 Å². The lowest BCUT2D eigenvalue weighted by atomic mass is 10.0. The van der Waals surface area contributed by atoms with Crippen LogP contribution in [0.5, 0.6) is 0 Å².